The van der Waals surface area contributed by atoms with E-state index in [0.717, 1.165) is 22.3 Å². The summed E-state index contributed by atoms with van der Waals surface area (Å²) in [5, 5.41) is 14.4. The minimum atomic E-state index is -1.27. The van der Waals surface area contributed by atoms with Gasteiger partial charge in [0.1, 0.15) is 12.6 Å². The molecule has 0 radical (unpaired) electrons. The van der Waals surface area contributed by atoms with Gasteiger partial charge in [-0.25, -0.2) is 4.79 Å². The molecule has 0 bridgehead atoms. The first-order valence-electron chi connectivity index (χ1n) is 10.9. The molecule has 176 valence electrons. The van der Waals surface area contributed by atoms with Gasteiger partial charge in [-0.2, -0.15) is 0 Å². The number of hydrogen-bond acceptors (Lipinski definition) is 5. The highest BCUT2D eigenvalue weighted by Gasteiger charge is 2.31. The molecule has 0 aromatic heterocycles. The Morgan fingerprint density at radius 2 is 1.55 bits per heavy atom. The predicted molar refractivity (Wildman–Crippen MR) is 123 cm³/mol. The third-order valence-corrected chi connectivity index (χ3v) is 5.81. The third kappa shape index (κ3) is 5.90. The van der Waals surface area contributed by atoms with Gasteiger partial charge in [0.05, 0.1) is 19.1 Å². The number of carboxylic acids is 1. The summed E-state index contributed by atoms with van der Waals surface area (Å²) >= 11 is 0. The van der Waals surface area contributed by atoms with Crippen LogP contribution in [-0.4, -0.2) is 55.5 Å². The van der Waals surface area contributed by atoms with Gasteiger partial charge >= 0.3 is 12.1 Å². The normalized spacial score (nSPS) is 14.2. The molecule has 1 aliphatic rings. The number of carbonyl (C=O) groups is 3. The Kier molecular flexibility index (Phi) is 8.06. The van der Waals surface area contributed by atoms with Crippen LogP contribution in [-0.2, 0) is 19.1 Å². The molecule has 3 rings (SSSR count). The fourth-order valence-electron chi connectivity index (χ4n) is 4.03. The van der Waals surface area contributed by atoms with Crippen molar-refractivity contribution >= 4 is 18.0 Å². The first-order valence-corrected chi connectivity index (χ1v) is 10.9. The van der Waals surface area contributed by atoms with Crippen LogP contribution in [0, 0.1) is 5.92 Å². The van der Waals surface area contributed by atoms with E-state index in [-0.39, 0.29) is 31.1 Å². The standard InChI is InChI=1S/C25H30N2O6/c1-15(2)22(14-32-3)26-24(30)21(12-23(28)29)27-25(31)33-13-20-18-10-6-4-8-16(18)17-9-5-7-11-19(17)20/h4-11,15,20-22H,12-14H2,1-3H3,(H,26,30)(H,27,31)(H,28,29). The second kappa shape index (κ2) is 11.0. The second-order valence-corrected chi connectivity index (χ2v) is 8.43. The molecule has 2 aromatic rings. The molecule has 2 atom stereocenters. The molecular formula is C25H30N2O6. The van der Waals surface area contributed by atoms with Crippen molar-refractivity contribution in [1.29, 1.82) is 0 Å². The lowest BCUT2D eigenvalue weighted by Crippen LogP contribution is -2.52. The number of hydrogen-bond donors (Lipinski definition) is 3. The monoisotopic (exact) mass is 454 g/mol. The number of alkyl carbamates (subject to hydrolysis) is 1. The Labute approximate surface area is 193 Å². The van der Waals surface area contributed by atoms with Crippen LogP contribution in [0.5, 0.6) is 0 Å². The third-order valence-electron chi connectivity index (χ3n) is 5.81. The Morgan fingerprint density at radius 1 is 0.970 bits per heavy atom. The number of aliphatic carboxylic acids is 1. The summed E-state index contributed by atoms with van der Waals surface area (Å²) in [6.45, 7) is 4.16. The molecule has 0 spiro atoms. The van der Waals surface area contributed by atoms with Gasteiger partial charge in [0.2, 0.25) is 5.91 Å². The van der Waals surface area contributed by atoms with E-state index in [0.29, 0.717) is 0 Å². The molecule has 1 aliphatic carbocycles. The highest BCUT2D eigenvalue weighted by atomic mass is 16.5. The van der Waals surface area contributed by atoms with Gasteiger partial charge < -0.3 is 25.2 Å². The summed E-state index contributed by atoms with van der Waals surface area (Å²) in [4.78, 5) is 36.5. The quantitative estimate of drug-likeness (QED) is 0.508. The molecule has 0 saturated carbocycles. The molecule has 2 aromatic carbocycles. The molecule has 0 saturated heterocycles. The van der Waals surface area contributed by atoms with Crippen molar-refractivity contribution in [2.45, 2.75) is 38.3 Å². The Morgan fingerprint density at radius 3 is 2.06 bits per heavy atom. The van der Waals surface area contributed by atoms with E-state index < -0.39 is 30.4 Å². The van der Waals surface area contributed by atoms with E-state index >= 15 is 0 Å². The summed E-state index contributed by atoms with van der Waals surface area (Å²) in [5.74, 6) is -1.88. The number of amides is 2. The molecule has 8 nitrogen and oxygen atoms in total. The van der Waals surface area contributed by atoms with Gasteiger partial charge in [-0.3, -0.25) is 9.59 Å². The van der Waals surface area contributed by atoms with Crippen molar-refractivity contribution in [2.24, 2.45) is 5.92 Å². The highest BCUT2D eigenvalue weighted by Crippen LogP contribution is 2.44. The number of methoxy groups -OCH3 is 1. The maximum absolute atomic E-state index is 12.7. The fraction of sp³-hybridized carbons (Fsp3) is 0.400. The van der Waals surface area contributed by atoms with Crippen LogP contribution in [0.2, 0.25) is 0 Å². The number of rotatable bonds is 10. The van der Waals surface area contributed by atoms with E-state index in [9.17, 15) is 19.5 Å². The second-order valence-electron chi connectivity index (χ2n) is 8.43. The van der Waals surface area contributed by atoms with Crippen LogP contribution in [0.15, 0.2) is 48.5 Å². The van der Waals surface area contributed by atoms with Crippen LogP contribution >= 0.6 is 0 Å². The Hall–Kier alpha value is -3.39. The maximum Gasteiger partial charge on any atom is 0.407 e. The van der Waals surface area contributed by atoms with Crippen LogP contribution < -0.4 is 10.6 Å². The SMILES string of the molecule is COCC(NC(=O)C(CC(=O)O)NC(=O)OCC1c2ccccc2-c2ccccc21)C(C)C. The van der Waals surface area contributed by atoms with Crippen molar-refractivity contribution in [3.63, 3.8) is 0 Å². The maximum atomic E-state index is 12.7. The highest BCUT2D eigenvalue weighted by molar-refractivity contribution is 5.89. The first kappa shape index (κ1) is 24.3. The van der Waals surface area contributed by atoms with Crippen molar-refractivity contribution in [1.82, 2.24) is 10.6 Å². The number of fused-ring (bicyclic) bond motifs is 3. The van der Waals surface area contributed by atoms with Gasteiger partial charge in [-0.15, -0.1) is 0 Å². The van der Waals surface area contributed by atoms with Crippen molar-refractivity contribution in [3.05, 3.63) is 59.7 Å². The zero-order chi connectivity index (χ0) is 24.0. The minimum Gasteiger partial charge on any atom is -0.481 e. The molecule has 2 unspecified atom stereocenters. The molecule has 33 heavy (non-hydrogen) atoms. The number of nitrogens with one attached hydrogen (secondary N) is 2. The fourth-order valence-corrected chi connectivity index (χ4v) is 4.03. The summed E-state index contributed by atoms with van der Waals surface area (Å²) < 4.78 is 10.6. The zero-order valence-corrected chi connectivity index (χ0v) is 19.0. The molecule has 3 N–H and O–H groups in total. The first-order chi connectivity index (χ1) is 15.8. The van der Waals surface area contributed by atoms with Crippen LogP contribution in [0.3, 0.4) is 0 Å². The van der Waals surface area contributed by atoms with Crippen molar-refractivity contribution in [3.8, 4) is 11.1 Å². The van der Waals surface area contributed by atoms with Gasteiger partial charge in [-0.1, -0.05) is 62.4 Å². The molecule has 8 heteroatoms. The molecular weight excluding hydrogens is 424 g/mol. The molecule has 0 fully saturated rings. The summed E-state index contributed by atoms with van der Waals surface area (Å²) in [6.07, 6.45) is -1.40. The van der Waals surface area contributed by atoms with Gasteiger partial charge in [0.25, 0.3) is 0 Å². The lowest BCUT2D eigenvalue weighted by Gasteiger charge is -2.25. The smallest absolute Gasteiger partial charge is 0.407 e. The van der Waals surface area contributed by atoms with Crippen molar-refractivity contribution < 1.29 is 29.0 Å². The number of benzene rings is 2. The van der Waals surface area contributed by atoms with Gasteiger partial charge in [0.15, 0.2) is 0 Å². The van der Waals surface area contributed by atoms with Crippen LogP contribution in [0.4, 0.5) is 4.79 Å². The predicted octanol–water partition coefficient (Wildman–Crippen LogP) is 3.16. The van der Waals surface area contributed by atoms with E-state index in [2.05, 4.69) is 10.6 Å². The molecule has 2 amide bonds. The Bertz CT molecular complexity index is 960. The largest absolute Gasteiger partial charge is 0.481 e. The number of carboxylic acid groups (broad SMARTS) is 1. The summed E-state index contributed by atoms with van der Waals surface area (Å²) in [5.41, 5.74) is 4.32. The van der Waals surface area contributed by atoms with Crippen molar-refractivity contribution in [2.75, 3.05) is 20.3 Å². The van der Waals surface area contributed by atoms with E-state index in [1.165, 1.54) is 7.11 Å². The van der Waals surface area contributed by atoms with E-state index in [4.69, 9.17) is 9.47 Å². The Balaban J connectivity index is 1.66. The zero-order valence-electron chi connectivity index (χ0n) is 19.0. The lowest BCUT2D eigenvalue weighted by molar-refractivity contribution is -0.140. The topological polar surface area (TPSA) is 114 Å². The number of ether oxygens (including phenoxy) is 2. The summed E-state index contributed by atoms with van der Waals surface area (Å²) in [6, 6.07) is 14.3. The molecule has 0 aliphatic heterocycles. The average molecular weight is 455 g/mol. The van der Waals surface area contributed by atoms with Gasteiger partial charge in [0, 0.05) is 13.0 Å². The minimum absolute atomic E-state index is 0.0637. The van der Waals surface area contributed by atoms with Crippen LogP contribution in [0.25, 0.3) is 11.1 Å². The van der Waals surface area contributed by atoms with E-state index in [1.54, 1.807) is 0 Å². The lowest BCUT2D eigenvalue weighted by atomic mass is 9.98. The van der Waals surface area contributed by atoms with E-state index in [1.807, 2.05) is 62.4 Å². The van der Waals surface area contributed by atoms with Gasteiger partial charge in [-0.05, 0) is 28.2 Å². The average Bonchev–Trinajstić information content (AvgIpc) is 3.10. The summed E-state index contributed by atoms with van der Waals surface area (Å²) in [7, 11) is 1.52. The van der Waals surface area contributed by atoms with Crippen LogP contribution in [0.1, 0.15) is 37.3 Å². The number of carbonyl (C=O) groups excluding carboxylic acids is 2. The molecule has 0 heterocycles.